The van der Waals surface area contributed by atoms with E-state index in [2.05, 4.69) is 9.97 Å². The summed E-state index contributed by atoms with van der Waals surface area (Å²) < 4.78 is 0. The van der Waals surface area contributed by atoms with Gasteiger partial charge in [0.15, 0.2) is 0 Å². The molecule has 0 unspecified atom stereocenters. The number of hydrogen-bond acceptors (Lipinski definition) is 5. The van der Waals surface area contributed by atoms with E-state index in [0.29, 0.717) is 17.7 Å². The van der Waals surface area contributed by atoms with Crippen LogP contribution in [0.3, 0.4) is 0 Å². The highest BCUT2D eigenvalue weighted by Gasteiger charge is 2.44. The summed E-state index contributed by atoms with van der Waals surface area (Å²) in [5, 5.41) is 20.4. The number of fused-ring (bicyclic) bond motifs is 1. The Hall–Kier alpha value is -1.11. The molecular weight excluding hydrogens is 276 g/mol. The molecule has 0 spiro atoms. The van der Waals surface area contributed by atoms with Gasteiger partial charge in [0.25, 0.3) is 5.56 Å². The highest BCUT2D eigenvalue weighted by Crippen LogP contribution is 2.43. The van der Waals surface area contributed by atoms with Gasteiger partial charge in [-0.1, -0.05) is 6.08 Å². The van der Waals surface area contributed by atoms with E-state index in [1.807, 2.05) is 12.3 Å². The molecule has 1 saturated carbocycles. The van der Waals surface area contributed by atoms with Crippen LogP contribution in [-0.4, -0.2) is 44.4 Å². The lowest BCUT2D eigenvalue weighted by molar-refractivity contribution is 0.0160. The van der Waals surface area contributed by atoms with Crippen LogP contribution in [0.2, 0.25) is 0 Å². The third-order valence-electron chi connectivity index (χ3n) is 4.33. The van der Waals surface area contributed by atoms with Crippen molar-refractivity contribution >= 4 is 17.3 Å². The number of allylic oxidation sites excluding steroid dienone is 1. The second kappa shape index (κ2) is 5.35. The molecule has 108 valence electrons. The van der Waals surface area contributed by atoms with E-state index >= 15 is 0 Å². The summed E-state index contributed by atoms with van der Waals surface area (Å²) in [6, 6.07) is 0. The Labute approximate surface area is 121 Å². The monoisotopic (exact) mass is 294 g/mol. The first-order valence-corrected chi connectivity index (χ1v) is 8.15. The van der Waals surface area contributed by atoms with Crippen molar-refractivity contribution in [2.75, 3.05) is 12.0 Å². The third kappa shape index (κ3) is 2.12. The quantitative estimate of drug-likeness (QED) is 0.752. The van der Waals surface area contributed by atoms with E-state index in [-0.39, 0.29) is 17.4 Å². The number of aliphatic hydroxyl groups is 2. The topological polar surface area (TPSA) is 86.2 Å². The van der Waals surface area contributed by atoms with Crippen LogP contribution in [0.1, 0.15) is 17.7 Å². The first kappa shape index (κ1) is 13.9. The van der Waals surface area contributed by atoms with Crippen molar-refractivity contribution in [3.05, 3.63) is 34.0 Å². The van der Waals surface area contributed by atoms with Crippen molar-refractivity contribution in [3.8, 4) is 0 Å². The summed E-state index contributed by atoms with van der Waals surface area (Å²) in [6.45, 7) is 0. The largest absolute Gasteiger partial charge is 0.390 e. The molecule has 6 heteroatoms. The average molecular weight is 294 g/mol. The molecule has 4 atom stereocenters. The summed E-state index contributed by atoms with van der Waals surface area (Å²) >= 11 is 1.68. The number of aliphatic hydroxyl groups excluding tert-OH is 2. The lowest BCUT2D eigenvalue weighted by atomic mass is 9.93. The van der Waals surface area contributed by atoms with Crippen LogP contribution < -0.4 is 5.56 Å². The van der Waals surface area contributed by atoms with Gasteiger partial charge in [0, 0.05) is 11.5 Å². The minimum atomic E-state index is -0.773. The molecule has 1 aromatic rings. The highest BCUT2D eigenvalue weighted by molar-refractivity contribution is 7.98. The number of aromatic amines is 1. The predicted molar refractivity (Wildman–Crippen MR) is 78.5 cm³/mol. The summed E-state index contributed by atoms with van der Waals surface area (Å²) in [5.74, 6) is 0.798. The van der Waals surface area contributed by atoms with Crippen molar-refractivity contribution in [3.63, 3.8) is 0 Å². The van der Waals surface area contributed by atoms with E-state index in [4.69, 9.17) is 0 Å². The molecule has 20 heavy (non-hydrogen) atoms. The van der Waals surface area contributed by atoms with E-state index < -0.39 is 12.2 Å². The Balaban J connectivity index is 1.89. The third-order valence-corrected chi connectivity index (χ3v) is 5.09. The lowest BCUT2D eigenvalue weighted by Crippen LogP contribution is -2.29. The number of rotatable bonds is 3. The van der Waals surface area contributed by atoms with Crippen LogP contribution in [-0.2, 0) is 6.42 Å². The van der Waals surface area contributed by atoms with E-state index in [1.54, 1.807) is 11.8 Å². The standard InChI is InChI=1S/C14H18N2O3S/c1-20-5-7-4-10(13(18)12(7)17)8-2-3-9-11(8)15-6-16-14(9)19/h2,6-7,10,12-13,17-18H,3-5H2,1H3,(H,15,16,19)/t7-,10+,12-,13+/m1/s1. The van der Waals surface area contributed by atoms with Crippen LogP contribution in [0.5, 0.6) is 0 Å². The molecule has 0 radical (unpaired) electrons. The molecule has 0 amide bonds. The lowest BCUT2D eigenvalue weighted by Gasteiger charge is -2.18. The molecular formula is C14H18N2O3S. The fourth-order valence-electron chi connectivity index (χ4n) is 3.32. The Morgan fingerprint density at radius 2 is 2.25 bits per heavy atom. The molecule has 1 heterocycles. The molecule has 0 saturated heterocycles. The molecule has 3 N–H and O–H groups in total. The van der Waals surface area contributed by atoms with Gasteiger partial charge in [-0.15, -0.1) is 0 Å². The number of nitrogens with one attached hydrogen (secondary N) is 1. The maximum absolute atomic E-state index is 11.7. The summed E-state index contributed by atoms with van der Waals surface area (Å²) in [6.07, 6.45) is 5.19. The van der Waals surface area contributed by atoms with Gasteiger partial charge < -0.3 is 15.2 Å². The van der Waals surface area contributed by atoms with Crippen LogP contribution in [0.25, 0.3) is 5.57 Å². The van der Waals surface area contributed by atoms with E-state index in [0.717, 1.165) is 17.7 Å². The van der Waals surface area contributed by atoms with Crippen molar-refractivity contribution in [2.24, 2.45) is 11.8 Å². The van der Waals surface area contributed by atoms with Crippen molar-refractivity contribution in [1.29, 1.82) is 0 Å². The van der Waals surface area contributed by atoms with Crippen LogP contribution in [0.4, 0.5) is 0 Å². The van der Waals surface area contributed by atoms with Gasteiger partial charge in [0.05, 0.1) is 24.2 Å². The number of thioether (sulfide) groups is 1. The SMILES string of the molecule is CSC[C@H]1C[C@@H](C2=CCc3c2nc[nH]c3=O)[C@H](O)[C@@H]1O. The van der Waals surface area contributed by atoms with Crippen molar-refractivity contribution < 1.29 is 10.2 Å². The minimum absolute atomic E-state index is 0.0944. The van der Waals surface area contributed by atoms with Gasteiger partial charge in [-0.3, -0.25) is 4.79 Å². The Bertz CT molecular complexity index is 598. The first-order valence-electron chi connectivity index (χ1n) is 6.75. The maximum Gasteiger partial charge on any atom is 0.254 e. The second-order valence-electron chi connectivity index (χ2n) is 5.46. The first-order chi connectivity index (χ1) is 9.63. The van der Waals surface area contributed by atoms with Crippen LogP contribution in [0, 0.1) is 11.8 Å². The normalized spacial score (nSPS) is 32.2. The summed E-state index contributed by atoms with van der Waals surface area (Å²) in [5.41, 5.74) is 2.16. The average Bonchev–Trinajstić information content (AvgIpc) is 2.97. The number of H-pyrrole nitrogens is 1. The fraction of sp³-hybridized carbons (Fsp3) is 0.571. The number of aromatic nitrogens is 2. The van der Waals surface area contributed by atoms with Crippen LogP contribution >= 0.6 is 11.8 Å². The predicted octanol–water partition coefficient (Wildman–Crippen LogP) is 0.430. The summed E-state index contributed by atoms with van der Waals surface area (Å²) in [4.78, 5) is 18.6. The zero-order chi connectivity index (χ0) is 14.3. The Kier molecular flexibility index (Phi) is 3.70. The zero-order valence-corrected chi connectivity index (χ0v) is 12.1. The number of hydrogen-bond donors (Lipinski definition) is 3. The van der Waals surface area contributed by atoms with Gasteiger partial charge in [0.1, 0.15) is 0 Å². The molecule has 5 nitrogen and oxygen atoms in total. The second-order valence-corrected chi connectivity index (χ2v) is 6.37. The summed E-state index contributed by atoms with van der Waals surface area (Å²) in [7, 11) is 0. The molecule has 2 aliphatic rings. The maximum atomic E-state index is 11.7. The van der Waals surface area contributed by atoms with Gasteiger partial charge >= 0.3 is 0 Å². The van der Waals surface area contributed by atoms with Gasteiger partial charge in [-0.25, -0.2) is 4.98 Å². The van der Waals surface area contributed by atoms with Crippen molar-refractivity contribution in [2.45, 2.75) is 25.0 Å². The molecule has 2 aliphatic carbocycles. The van der Waals surface area contributed by atoms with Crippen LogP contribution in [0.15, 0.2) is 17.2 Å². The molecule has 0 aliphatic heterocycles. The highest BCUT2D eigenvalue weighted by atomic mass is 32.2. The Morgan fingerprint density at radius 3 is 3.00 bits per heavy atom. The van der Waals surface area contributed by atoms with E-state index in [1.165, 1.54) is 6.33 Å². The van der Waals surface area contributed by atoms with Crippen molar-refractivity contribution in [1.82, 2.24) is 9.97 Å². The molecule has 1 aromatic heterocycles. The molecule has 0 bridgehead atoms. The van der Waals surface area contributed by atoms with Gasteiger partial charge in [-0.05, 0) is 36.3 Å². The zero-order valence-electron chi connectivity index (χ0n) is 11.2. The minimum Gasteiger partial charge on any atom is -0.390 e. The smallest absolute Gasteiger partial charge is 0.254 e. The molecule has 3 rings (SSSR count). The molecule has 1 fully saturated rings. The van der Waals surface area contributed by atoms with Gasteiger partial charge in [-0.2, -0.15) is 11.8 Å². The molecule has 0 aromatic carbocycles. The number of nitrogens with zero attached hydrogens (tertiary/aromatic N) is 1. The fourth-order valence-corrected chi connectivity index (χ4v) is 4.08. The van der Waals surface area contributed by atoms with E-state index in [9.17, 15) is 15.0 Å². The van der Waals surface area contributed by atoms with Gasteiger partial charge in [0.2, 0.25) is 0 Å². The Morgan fingerprint density at radius 1 is 1.45 bits per heavy atom.